The minimum atomic E-state index is -0.735. The summed E-state index contributed by atoms with van der Waals surface area (Å²) in [5, 5.41) is 0.305. The summed E-state index contributed by atoms with van der Waals surface area (Å²) in [7, 11) is 1.85. The third-order valence-electron chi connectivity index (χ3n) is 8.74. The van der Waals surface area contributed by atoms with E-state index in [1.165, 1.54) is 22.8 Å². The van der Waals surface area contributed by atoms with E-state index in [2.05, 4.69) is 16.5 Å². The zero-order valence-corrected chi connectivity index (χ0v) is 27.4. The number of nitrogens with zero attached hydrogens (tertiary/aromatic N) is 7. The maximum Gasteiger partial charge on any atom is 0.355 e. The summed E-state index contributed by atoms with van der Waals surface area (Å²) in [5.41, 5.74) is 1.12. The number of carbonyl (C=O) groups excluding carboxylic acids is 1. The highest BCUT2D eigenvalue weighted by atomic mass is 32.2. The molecule has 0 saturated carbocycles. The van der Waals surface area contributed by atoms with E-state index in [0.717, 1.165) is 17.1 Å². The van der Waals surface area contributed by atoms with E-state index in [9.17, 15) is 9.59 Å². The second-order valence-electron chi connectivity index (χ2n) is 12.2. The lowest BCUT2D eigenvalue weighted by atomic mass is 10.0. The predicted molar refractivity (Wildman–Crippen MR) is 179 cm³/mol. The summed E-state index contributed by atoms with van der Waals surface area (Å²) in [6, 6.07) is 7.34. The summed E-state index contributed by atoms with van der Waals surface area (Å²) in [5.74, 6) is -0.614. The van der Waals surface area contributed by atoms with Crippen molar-refractivity contribution in [3.63, 3.8) is 0 Å². The molecule has 1 amide bonds. The third kappa shape index (κ3) is 5.42. The van der Waals surface area contributed by atoms with Gasteiger partial charge in [-0.25, -0.2) is 23.1 Å². The van der Waals surface area contributed by atoms with Crippen LogP contribution in [0.1, 0.15) is 45.7 Å². The normalized spacial score (nSPS) is 18.6. The van der Waals surface area contributed by atoms with Crippen LogP contribution in [0.2, 0.25) is 0 Å². The maximum absolute atomic E-state index is 16.4. The molecule has 12 heteroatoms. The molecule has 4 aromatic rings. The lowest BCUT2D eigenvalue weighted by molar-refractivity contribution is -0.128. The topological polar surface area (TPSA) is 87.5 Å². The number of fused-ring (bicyclic) bond motifs is 5. The average Bonchev–Trinajstić information content (AvgIpc) is 3.03. The monoisotopic (exact) mass is 645 g/mol. The lowest BCUT2D eigenvalue weighted by Crippen LogP contribution is -2.58. The molecule has 1 saturated heterocycles. The van der Waals surface area contributed by atoms with Crippen molar-refractivity contribution in [2.75, 3.05) is 42.2 Å². The zero-order chi connectivity index (χ0) is 32.9. The van der Waals surface area contributed by atoms with Crippen LogP contribution < -0.4 is 15.5 Å². The lowest BCUT2D eigenvalue weighted by Gasteiger charge is -2.44. The Labute approximate surface area is 271 Å². The standard InChI is InChI=1S/C34H37F2N7O2S/c1-7-27(44)41-17-21(5)42(18-20(41)4)32-22-16-24(36)30-28-23(35)10-8-11-25(28)40(6)14-9-15-46-26-12-13-37-29(19(2)3)31(26)43(33(22)38-30)34(45)39-32/h7-8,10-13,16,19-21H,1,9,14-15,17-18H2,2-6H3/t20-,21+/m1/s1. The Morgan fingerprint density at radius 3 is 2.63 bits per heavy atom. The van der Waals surface area contributed by atoms with E-state index >= 15 is 8.78 Å². The number of halogens is 2. The van der Waals surface area contributed by atoms with Gasteiger partial charge in [-0.2, -0.15) is 4.98 Å². The molecule has 0 aliphatic carbocycles. The number of hydrogen-bond donors (Lipinski definition) is 0. The van der Waals surface area contributed by atoms with Crippen molar-refractivity contribution in [2.45, 2.75) is 57.0 Å². The van der Waals surface area contributed by atoms with Crippen LogP contribution in [0, 0.1) is 11.6 Å². The van der Waals surface area contributed by atoms with Crippen molar-refractivity contribution in [3.8, 4) is 16.9 Å². The molecule has 2 bridgehead atoms. The fourth-order valence-electron chi connectivity index (χ4n) is 6.43. The molecule has 1 fully saturated rings. The minimum absolute atomic E-state index is 0.0303. The van der Waals surface area contributed by atoms with Gasteiger partial charge in [-0.3, -0.25) is 9.78 Å². The molecule has 0 spiro atoms. The van der Waals surface area contributed by atoms with Crippen molar-refractivity contribution in [3.05, 3.63) is 77.0 Å². The highest BCUT2D eigenvalue weighted by molar-refractivity contribution is 7.99. The van der Waals surface area contributed by atoms with Crippen molar-refractivity contribution in [2.24, 2.45) is 0 Å². The molecule has 240 valence electrons. The van der Waals surface area contributed by atoms with Gasteiger partial charge < -0.3 is 14.7 Å². The van der Waals surface area contributed by atoms with Crippen molar-refractivity contribution >= 4 is 40.2 Å². The Bertz CT molecular complexity index is 1910. The van der Waals surface area contributed by atoms with Gasteiger partial charge in [0.2, 0.25) is 5.91 Å². The second-order valence-corrected chi connectivity index (χ2v) is 13.4. The first-order chi connectivity index (χ1) is 22.0. The van der Waals surface area contributed by atoms with Crippen molar-refractivity contribution < 1.29 is 13.6 Å². The summed E-state index contributed by atoms with van der Waals surface area (Å²) in [4.78, 5) is 47.3. The molecule has 0 radical (unpaired) electrons. The summed E-state index contributed by atoms with van der Waals surface area (Å²) in [6.07, 6.45) is 3.77. The van der Waals surface area contributed by atoms with Crippen LogP contribution >= 0.6 is 11.8 Å². The molecule has 3 aromatic heterocycles. The zero-order valence-electron chi connectivity index (χ0n) is 26.6. The number of benzene rings is 1. The molecule has 6 rings (SSSR count). The number of carbonyl (C=O) groups is 1. The van der Waals surface area contributed by atoms with Crippen LogP contribution in [0.4, 0.5) is 20.3 Å². The SMILES string of the molecule is C=CC(=O)N1C[C@H](C)N(c2nc(=O)n3c4nc(c(F)cc24)-c2c(F)cccc2N(C)CCCSc2ccnc(C(C)C)c2-3)C[C@H]1C. The maximum atomic E-state index is 16.4. The number of piperazine rings is 1. The number of thioether (sulfide) groups is 1. The van der Waals surface area contributed by atoms with Gasteiger partial charge >= 0.3 is 5.69 Å². The van der Waals surface area contributed by atoms with E-state index in [1.54, 1.807) is 35.0 Å². The van der Waals surface area contributed by atoms with Crippen molar-refractivity contribution in [1.82, 2.24) is 24.4 Å². The average molecular weight is 646 g/mol. The van der Waals surface area contributed by atoms with E-state index in [0.29, 0.717) is 42.1 Å². The summed E-state index contributed by atoms with van der Waals surface area (Å²) >= 11 is 1.60. The molecule has 0 unspecified atom stereocenters. The minimum Gasteiger partial charge on any atom is -0.374 e. The Morgan fingerprint density at radius 1 is 1.11 bits per heavy atom. The highest BCUT2D eigenvalue weighted by Gasteiger charge is 2.34. The molecule has 2 aliphatic rings. The Balaban J connectivity index is 1.70. The predicted octanol–water partition coefficient (Wildman–Crippen LogP) is 5.79. The summed E-state index contributed by atoms with van der Waals surface area (Å²) in [6.45, 7) is 12.8. The number of rotatable bonds is 3. The van der Waals surface area contributed by atoms with Gasteiger partial charge in [-0.05, 0) is 62.3 Å². The molecule has 2 atom stereocenters. The molecule has 2 aliphatic heterocycles. The van der Waals surface area contributed by atoms with Crippen LogP contribution in [0.5, 0.6) is 0 Å². The smallest absolute Gasteiger partial charge is 0.355 e. The first-order valence-corrected chi connectivity index (χ1v) is 16.4. The van der Waals surface area contributed by atoms with Crippen molar-refractivity contribution in [1.29, 1.82) is 0 Å². The largest absolute Gasteiger partial charge is 0.374 e. The fraction of sp³-hybridized carbons (Fsp3) is 0.382. The molecule has 9 nitrogen and oxygen atoms in total. The Hall–Kier alpha value is -4.32. The first kappa shape index (κ1) is 31.7. The van der Waals surface area contributed by atoms with Crippen LogP contribution in [0.3, 0.4) is 0 Å². The van der Waals surface area contributed by atoms with E-state index in [1.807, 2.05) is 50.6 Å². The van der Waals surface area contributed by atoms with Gasteiger partial charge in [0.05, 0.1) is 22.3 Å². The molecule has 0 N–H and O–H groups in total. The second kappa shape index (κ2) is 12.5. The molecule has 5 heterocycles. The highest BCUT2D eigenvalue weighted by Crippen LogP contribution is 2.39. The van der Waals surface area contributed by atoms with E-state index < -0.39 is 17.3 Å². The van der Waals surface area contributed by atoms with Crippen LogP contribution in [0.25, 0.3) is 28.0 Å². The first-order valence-electron chi connectivity index (χ1n) is 15.5. The van der Waals surface area contributed by atoms with E-state index in [-0.39, 0.29) is 46.6 Å². The van der Waals surface area contributed by atoms with Gasteiger partial charge in [0.25, 0.3) is 0 Å². The number of aromatic nitrogens is 4. The molecule has 1 aromatic carbocycles. The Kier molecular flexibility index (Phi) is 8.58. The number of anilines is 2. The van der Waals surface area contributed by atoms with Crippen LogP contribution in [-0.2, 0) is 4.79 Å². The van der Waals surface area contributed by atoms with Gasteiger partial charge in [-0.1, -0.05) is 26.5 Å². The van der Waals surface area contributed by atoms with E-state index in [4.69, 9.17) is 4.98 Å². The van der Waals surface area contributed by atoms with Crippen LogP contribution in [-0.4, -0.2) is 74.8 Å². The number of amides is 1. The Morgan fingerprint density at radius 2 is 1.89 bits per heavy atom. The van der Waals surface area contributed by atoms with Gasteiger partial charge in [0, 0.05) is 55.5 Å². The quantitative estimate of drug-likeness (QED) is 0.259. The number of hydrogen-bond acceptors (Lipinski definition) is 8. The van der Waals surface area contributed by atoms with Gasteiger partial charge in [0.15, 0.2) is 11.5 Å². The van der Waals surface area contributed by atoms with Crippen LogP contribution in [0.15, 0.2) is 58.9 Å². The fourth-order valence-corrected chi connectivity index (χ4v) is 7.42. The van der Waals surface area contributed by atoms with Gasteiger partial charge in [0.1, 0.15) is 17.3 Å². The third-order valence-corrected chi connectivity index (χ3v) is 9.87. The molecular formula is C34H37F2N7O2S. The molecular weight excluding hydrogens is 608 g/mol. The molecule has 46 heavy (non-hydrogen) atoms. The summed E-state index contributed by atoms with van der Waals surface area (Å²) < 4.78 is 33.5. The van der Waals surface area contributed by atoms with Gasteiger partial charge in [-0.15, -0.1) is 11.8 Å². The number of pyridine rings is 2.